The molecule has 0 saturated carbocycles. The van der Waals surface area contributed by atoms with Crippen molar-refractivity contribution in [2.75, 3.05) is 46.3 Å². The van der Waals surface area contributed by atoms with E-state index in [1.54, 1.807) is 7.05 Å². The highest BCUT2D eigenvalue weighted by molar-refractivity contribution is 7.80. The average molecular weight is 432 g/mol. The number of hydrazone groups is 2. The first-order valence-corrected chi connectivity index (χ1v) is 10.5. The third-order valence-electron chi connectivity index (χ3n) is 3.73. The van der Waals surface area contributed by atoms with Gasteiger partial charge in [-0.15, -0.1) is 0 Å². The van der Waals surface area contributed by atoms with Gasteiger partial charge in [0.1, 0.15) is 0 Å². The minimum absolute atomic E-state index is 0.449. The van der Waals surface area contributed by atoms with E-state index in [0.717, 1.165) is 57.8 Å². The topological polar surface area (TPSA) is 123 Å². The van der Waals surface area contributed by atoms with Crippen molar-refractivity contribution >= 4 is 46.1 Å². The Hall–Kier alpha value is -1.40. The van der Waals surface area contributed by atoms with Gasteiger partial charge in [0, 0.05) is 13.6 Å². The molecule has 9 nitrogen and oxygen atoms in total. The van der Waals surface area contributed by atoms with Gasteiger partial charge in [-0.1, -0.05) is 0 Å². The molecule has 28 heavy (non-hydrogen) atoms. The number of nitrogens with zero attached hydrogens (tertiary/aromatic N) is 2. The van der Waals surface area contributed by atoms with Gasteiger partial charge in [-0.3, -0.25) is 10.9 Å². The van der Waals surface area contributed by atoms with Crippen LogP contribution in [-0.2, 0) is 0 Å². The molecule has 0 fully saturated rings. The van der Waals surface area contributed by atoms with Crippen molar-refractivity contribution in [2.24, 2.45) is 15.9 Å². The molecule has 0 saturated heterocycles. The molecule has 0 aromatic carbocycles. The van der Waals surface area contributed by atoms with E-state index in [9.17, 15) is 0 Å². The standard InChI is InChI=1S/C17H37N9S2/c1-14(23-25-16(27)19-3)15(2)24-26-17(28)22-13-7-12-21-10-5-4-9-20-11-6-8-18/h20-21H,4-13,18H2,1-3H3,(H2,19,25,27)(H2,22,26,28)/b23-14+,24-15-. The highest BCUT2D eigenvalue weighted by atomic mass is 32.1. The summed E-state index contributed by atoms with van der Waals surface area (Å²) in [6.45, 7) is 9.30. The van der Waals surface area contributed by atoms with E-state index in [0.29, 0.717) is 15.9 Å². The van der Waals surface area contributed by atoms with Crippen LogP contribution in [0.5, 0.6) is 0 Å². The van der Waals surface area contributed by atoms with Gasteiger partial charge in [0.25, 0.3) is 0 Å². The summed E-state index contributed by atoms with van der Waals surface area (Å²) in [7, 11) is 1.73. The molecule has 0 atom stereocenters. The zero-order valence-electron chi connectivity index (χ0n) is 17.4. The summed E-state index contributed by atoms with van der Waals surface area (Å²) < 4.78 is 0. The SMILES string of the molecule is CNC(=S)N/N=C(C)/C(C)=N\NC(=S)NCCCNCCCCNCCCN. The summed E-state index contributed by atoms with van der Waals surface area (Å²) >= 11 is 10.2. The fourth-order valence-corrected chi connectivity index (χ4v) is 2.11. The zero-order valence-corrected chi connectivity index (χ0v) is 19.0. The molecule has 0 amide bonds. The lowest BCUT2D eigenvalue weighted by Crippen LogP contribution is -2.35. The monoisotopic (exact) mass is 431 g/mol. The van der Waals surface area contributed by atoms with Crippen LogP contribution in [0.3, 0.4) is 0 Å². The van der Waals surface area contributed by atoms with Crippen molar-refractivity contribution < 1.29 is 0 Å². The Kier molecular flexibility index (Phi) is 18.0. The second-order valence-electron chi connectivity index (χ2n) is 6.16. The van der Waals surface area contributed by atoms with Gasteiger partial charge in [0.15, 0.2) is 10.2 Å². The predicted molar refractivity (Wildman–Crippen MR) is 128 cm³/mol. The molecule has 0 spiro atoms. The molecule has 0 unspecified atom stereocenters. The molecule has 0 heterocycles. The molecule has 0 aromatic heterocycles. The molecule has 162 valence electrons. The maximum atomic E-state index is 5.45. The fraction of sp³-hybridized carbons (Fsp3) is 0.765. The predicted octanol–water partition coefficient (Wildman–Crippen LogP) is -0.00550. The number of nitrogens with two attached hydrogens (primary N) is 1. The Morgan fingerprint density at radius 2 is 1.25 bits per heavy atom. The molecule has 0 rings (SSSR count). The van der Waals surface area contributed by atoms with Crippen LogP contribution in [0, 0.1) is 0 Å². The highest BCUT2D eigenvalue weighted by Gasteiger charge is 1.99. The van der Waals surface area contributed by atoms with Gasteiger partial charge < -0.3 is 27.0 Å². The minimum atomic E-state index is 0.449. The fourth-order valence-electron chi connectivity index (χ4n) is 1.92. The quantitative estimate of drug-likeness (QED) is 0.0830. The Bertz CT molecular complexity index is 495. The van der Waals surface area contributed by atoms with Gasteiger partial charge in [-0.25, -0.2) is 0 Å². The van der Waals surface area contributed by atoms with Gasteiger partial charge in [-0.2, -0.15) is 10.2 Å². The van der Waals surface area contributed by atoms with Crippen LogP contribution in [-0.4, -0.2) is 68.0 Å². The molecule has 0 bridgehead atoms. The van der Waals surface area contributed by atoms with Crippen molar-refractivity contribution in [1.29, 1.82) is 0 Å². The van der Waals surface area contributed by atoms with Crippen molar-refractivity contribution in [1.82, 2.24) is 32.1 Å². The third kappa shape index (κ3) is 16.8. The lowest BCUT2D eigenvalue weighted by molar-refractivity contribution is 0.567. The summed E-state index contributed by atoms with van der Waals surface area (Å²) in [4.78, 5) is 0. The zero-order chi connectivity index (χ0) is 21.0. The van der Waals surface area contributed by atoms with E-state index >= 15 is 0 Å². The van der Waals surface area contributed by atoms with Crippen LogP contribution in [0.15, 0.2) is 10.2 Å². The van der Waals surface area contributed by atoms with Crippen molar-refractivity contribution in [3.05, 3.63) is 0 Å². The highest BCUT2D eigenvalue weighted by Crippen LogP contribution is 1.86. The molecule has 0 aliphatic rings. The summed E-state index contributed by atoms with van der Waals surface area (Å²) in [6.07, 6.45) is 4.39. The van der Waals surface area contributed by atoms with Gasteiger partial charge in [-0.05, 0) is 96.7 Å². The van der Waals surface area contributed by atoms with Crippen LogP contribution in [0.2, 0.25) is 0 Å². The molecule has 0 aliphatic heterocycles. The van der Waals surface area contributed by atoms with Crippen molar-refractivity contribution in [2.45, 2.75) is 39.5 Å². The molecular weight excluding hydrogens is 394 g/mol. The number of nitrogens with one attached hydrogen (secondary N) is 6. The Morgan fingerprint density at radius 3 is 1.79 bits per heavy atom. The van der Waals surface area contributed by atoms with E-state index in [2.05, 4.69) is 42.3 Å². The Labute approximate surface area is 180 Å². The molecule has 0 radical (unpaired) electrons. The van der Waals surface area contributed by atoms with Crippen LogP contribution in [0.1, 0.15) is 39.5 Å². The molecule has 8 N–H and O–H groups in total. The van der Waals surface area contributed by atoms with Crippen LogP contribution >= 0.6 is 24.4 Å². The Balaban J connectivity index is 3.65. The van der Waals surface area contributed by atoms with E-state index in [1.807, 2.05) is 13.8 Å². The summed E-state index contributed by atoms with van der Waals surface area (Å²) in [5.41, 5.74) is 12.4. The second-order valence-corrected chi connectivity index (χ2v) is 6.97. The number of thiocarbonyl (C=S) groups is 2. The number of hydrogen-bond acceptors (Lipinski definition) is 7. The number of rotatable bonds is 15. The van der Waals surface area contributed by atoms with Crippen LogP contribution in [0.4, 0.5) is 0 Å². The Morgan fingerprint density at radius 1 is 0.750 bits per heavy atom. The summed E-state index contributed by atoms with van der Waals surface area (Å²) in [5.74, 6) is 0. The van der Waals surface area contributed by atoms with Crippen LogP contribution < -0.4 is 37.9 Å². The maximum absolute atomic E-state index is 5.45. The molecule has 0 aliphatic carbocycles. The van der Waals surface area contributed by atoms with E-state index in [1.165, 1.54) is 12.8 Å². The van der Waals surface area contributed by atoms with Gasteiger partial charge >= 0.3 is 0 Å². The first-order valence-electron chi connectivity index (χ1n) is 9.73. The van der Waals surface area contributed by atoms with Gasteiger partial charge in [0.05, 0.1) is 11.4 Å². The lowest BCUT2D eigenvalue weighted by atomic mass is 10.3. The van der Waals surface area contributed by atoms with Crippen molar-refractivity contribution in [3.63, 3.8) is 0 Å². The first kappa shape index (κ1) is 26.6. The smallest absolute Gasteiger partial charge is 0.186 e. The lowest BCUT2D eigenvalue weighted by Gasteiger charge is -2.09. The minimum Gasteiger partial charge on any atom is -0.364 e. The maximum Gasteiger partial charge on any atom is 0.186 e. The van der Waals surface area contributed by atoms with E-state index in [-0.39, 0.29) is 0 Å². The molecule has 11 heteroatoms. The second kappa shape index (κ2) is 18.9. The van der Waals surface area contributed by atoms with E-state index < -0.39 is 0 Å². The summed E-state index contributed by atoms with van der Waals surface area (Å²) in [5, 5.41) is 22.0. The number of hydrogen-bond donors (Lipinski definition) is 7. The first-order chi connectivity index (χ1) is 13.5. The van der Waals surface area contributed by atoms with E-state index in [4.69, 9.17) is 30.2 Å². The van der Waals surface area contributed by atoms with Crippen molar-refractivity contribution in [3.8, 4) is 0 Å². The van der Waals surface area contributed by atoms with Gasteiger partial charge in [0.2, 0.25) is 0 Å². The number of unbranched alkanes of at least 4 members (excludes halogenated alkanes) is 1. The normalized spacial score (nSPS) is 11.9. The van der Waals surface area contributed by atoms with Crippen LogP contribution in [0.25, 0.3) is 0 Å². The molecule has 0 aromatic rings. The largest absolute Gasteiger partial charge is 0.364 e. The molecular formula is C17H37N9S2. The average Bonchev–Trinajstić information content (AvgIpc) is 2.70. The third-order valence-corrected chi connectivity index (χ3v) is 4.26. The summed E-state index contributed by atoms with van der Waals surface area (Å²) in [6, 6.07) is 0.